The maximum Gasteiger partial charge on any atom is 0.243 e. The van der Waals surface area contributed by atoms with Crippen molar-refractivity contribution in [3.05, 3.63) is 30.1 Å². The first-order chi connectivity index (χ1) is 13.2. The maximum absolute atomic E-state index is 13.1. The van der Waals surface area contributed by atoms with Crippen molar-refractivity contribution in [3.63, 3.8) is 0 Å². The van der Waals surface area contributed by atoms with E-state index in [9.17, 15) is 17.6 Å². The second-order valence-electron chi connectivity index (χ2n) is 7.94. The zero-order valence-corrected chi connectivity index (χ0v) is 17.7. The molecule has 1 aromatic carbocycles. The van der Waals surface area contributed by atoms with Crippen LogP contribution in [0.4, 0.5) is 4.39 Å². The first-order valence-electron chi connectivity index (χ1n) is 10.0. The Morgan fingerprint density at radius 3 is 2.11 bits per heavy atom. The molecule has 1 aromatic rings. The van der Waals surface area contributed by atoms with Gasteiger partial charge in [-0.2, -0.15) is 4.31 Å². The Kier molecular flexibility index (Phi) is 6.41. The number of piperidine rings is 1. The highest BCUT2D eigenvalue weighted by molar-refractivity contribution is 7.89. The fourth-order valence-corrected chi connectivity index (χ4v) is 5.74. The minimum atomic E-state index is -3.64. The lowest BCUT2D eigenvalue weighted by molar-refractivity contribution is -0.143. The average Bonchev–Trinajstić information content (AvgIpc) is 2.67. The lowest BCUT2D eigenvalue weighted by atomic mass is 9.96. The maximum atomic E-state index is 13.1. The van der Waals surface area contributed by atoms with E-state index in [1.54, 1.807) is 0 Å². The highest BCUT2D eigenvalue weighted by atomic mass is 32.2. The van der Waals surface area contributed by atoms with Gasteiger partial charge in [0.25, 0.3) is 0 Å². The number of sulfonamides is 1. The minimum absolute atomic E-state index is 0.0995. The van der Waals surface area contributed by atoms with Crippen LogP contribution in [0.3, 0.4) is 0 Å². The van der Waals surface area contributed by atoms with Gasteiger partial charge in [-0.15, -0.1) is 0 Å². The number of carbonyl (C=O) groups excluding carboxylic acids is 1. The molecular formula is C20H30FN3O3S. The molecule has 3 atom stereocenters. The van der Waals surface area contributed by atoms with Crippen LogP contribution in [0, 0.1) is 5.82 Å². The Morgan fingerprint density at radius 2 is 1.57 bits per heavy atom. The number of amides is 1. The molecule has 0 saturated carbocycles. The van der Waals surface area contributed by atoms with Crippen molar-refractivity contribution in [2.24, 2.45) is 0 Å². The number of halogens is 1. The summed E-state index contributed by atoms with van der Waals surface area (Å²) in [5.74, 6) is -0.327. The van der Waals surface area contributed by atoms with Crippen molar-refractivity contribution in [2.75, 3.05) is 26.2 Å². The predicted molar refractivity (Wildman–Crippen MR) is 106 cm³/mol. The van der Waals surface area contributed by atoms with Gasteiger partial charge in [-0.05, 0) is 64.3 Å². The van der Waals surface area contributed by atoms with E-state index < -0.39 is 15.8 Å². The summed E-state index contributed by atoms with van der Waals surface area (Å²) in [6.07, 6.45) is 3.22. The molecule has 0 radical (unpaired) electrons. The molecule has 6 nitrogen and oxygen atoms in total. The summed E-state index contributed by atoms with van der Waals surface area (Å²) in [7, 11) is -3.64. The monoisotopic (exact) mass is 411 g/mol. The zero-order valence-electron chi connectivity index (χ0n) is 16.8. The number of benzene rings is 1. The van der Waals surface area contributed by atoms with Gasteiger partial charge in [0.05, 0.1) is 10.9 Å². The SMILES string of the molecule is C[C@H](C(=O)N1[C@H](C)CCC[C@@H]1C)N1CCN(S(=O)(=O)c2ccc(F)cc2)CC1. The first kappa shape index (κ1) is 21.2. The van der Waals surface area contributed by atoms with Crippen LogP contribution in [-0.4, -0.2) is 72.7 Å². The summed E-state index contributed by atoms with van der Waals surface area (Å²) < 4.78 is 40.0. The Hall–Kier alpha value is -1.51. The quantitative estimate of drug-likeness (QED) is 0.763. The van der Waals surface area contributed by atoms with E-state index in [4.69, 9.17) is 0 Å². The molecule has 0 aromatic heterocycles. The predicted octanol–water partition coefficient (Wildman–Crippen LogP) is 2.31. The highest BCUT2D eigenvalue weighted by Gasteiger charge is 2.36. The molecule has 2 aliphatic rings. The molecule has 8 heteroatoms. The lowest BCUT2D eigenvalue weighted by Gasteiger charge is -2.43. The van der Waals surface area contributed by atoms with E-state index in [2.05, 4.69) is 18.7 Å². The fraction of sp³-hybridized carbons (Fsp3) is 0.650. The van der Waals surface area contributed by atoms with Gasteiger partial charge in [0, 0.05) is 38.3 Å². The van der Waals surface area contributed by atoms with Gasteiger partial charge >= 0.3 is 0 Å². The van der Waals surface area contributed by atoms with Gasteiger partial charge in [0.1, 0.15) is 5.82 Å². The van der Waals surface area contributed by atoms with Crippen LogP contribution in [0.25, 0.3) is 0 Å². The number of hydrogen-bond donors (Lipinski definition) is 0. The van der Waals surface area contributed by atoms with Crippen LogP contribution in [0.2, 0.25) is 0 Å². The molecule has 28 heavy (non-hydrogen) atoms. The second kappa shape index (κ2) is 8.47. The van der Waals surface area contributed by atoms with E-state index in [-0.39, 0.29) is 28.9 Å². The molecule has 2 saturated heterocycles. The van der Waals surface area contributed by atoms with Crippen molar-refractivity contribution in [2.45, 2.75) is 63.1 Å². The van der Waals surface area contributed by atoms with E-state index in [0.717, 1.165) is 31.4 Å². The van der Waals surface area contributed by atoms with Gasteiger partial charge in [-0.1, -0.05) is 0 Å². The lowest BCUT2D eigenvalue weighted by Crippen LogP contribution is -2.58. The van der Waals surface area contributed by atoms with Crippen LogP contribution in [0.5, 0.6) is 0 Å². The first-order valence-corrected chi connectivity index (χ1v) is 11.5. The van der Waals surface area contributed by atoms with Crippen molar-refractivity contribution in [1.82, 2.24) is 14.1 Å². The van der Waals surface area contributed by atoms with Crippen molar-refractivity contribution in [3.8, 4) is 0 Å². The third-order valence-electron chi connectivity index (χ3n) is 6.08. The molecule has 0 spiro atoms. The summed E-state index contributed by atoms with van der Waals surface area (Å²) in [5.41, 5.74) is 0. The Labute approximate surface area is 167 Å². The van der Waals surface area contributed by atoms with Crippen molar-refractivity contribution in [1.29, 1.82) is 0 Å². The van der Waals surface area contributed by atoms with E-state index in [1.807, 2.05) is 11.8 Å². The van der Waals surface area contributed by atoms with Gasteiger partial charge in [0.2, 0.25) is 15.9 Å². The molecule has 2 heterocycles. The van der Waals surface area contributed by atoms with E-state index >= 15 is 0 Å². The van der Waals surface area contributed by atoms with Crippen LogP contribution in [0.1, 0.15) is 40.0 Å². The zero-order chi connectivity index (χ0) is 20.5. The largest absolute Gasteiger partial charge is 0.336 e. The summed E-state index contributed by atoms with van der Waals surface area (Å²) >= 11 is 0. The minimum Gasteiger partial charge on any atom is -0.336 e. The molecule has 0 N–H and O–H groups in total. The standard InChI is InChI=1S/C20H30FN3O3S/c1-15-5-4-6-16(2)24(15)20(25)17(3)22-11-13-23(14-12-22)28(26,27)19-9-7-18(21)8-10-19/h7-10,15-17H,4-6,11-14H2,1-3H3/t15-,16+,17-/m1/s1. The summed E-state index contributed by atoms with van der Waals surface area (Å²) in [5, 5.41) is 0. The number of piperazine rings is 1. The fourth-order valence-electron chi connectivity index (χ4n) is 4.31. The van der Waals surface area contributed by atoms with Gasteiger partial charge in [0.15, 0.2) is 0 Å². The normalized spacial score (nSPS) is 26.2. The number of likely N-dealkylation sites (tertiary alicyclic amines) is 1. The number of hydrogen-bond acceptors (Lipinski definition) is 4. The van der Waals surface area contributed by atoms with E-state index in [0.29, 0.717) is 26.2 Å². The molecule has 0 unspecified atom stereocenters. The molecule has 0 bridgehead atoms. The number of rotatable bonds is 4. The molecule has 2 aliphatic heterocycles. The highest BCUT2D eigenvalue weighted by Crippen LogP contribution is 2.25. The third kappa shape index (κ3) is 4.23. The summed E-state index contributed by atoms with van der Waals surface area (Å²) in [4.78, 5) is 17.2. The second-order valence-corrected chi connectivity index (χ2v) is 9.88. The van der Waals surface area contributed by atoms with Crippen LogP contribution in [0.15, 0.2) is 29.2 Å². The average molecular weight is 412 g/mol. The molecule has 1 amide bonds. The number of carbonyl (C=O) groups is 1. The van der Waals surface area contributed by atoms with Crippen LogP contribution in [-0.2, 0) is 14.8 Å². The molecule has 156 valence electrons. The summed E-state index contributed by atoms with van der Waals surface area (Å²) in [6.45, 7) is 7.78. The van der Waals surface area contributed by atoms with Gasteiger partial charge in [-0.3, -0.25) is 9.69 Å². The molecule has 2 fully saturated rings. The Bertz CT molecular complexity index is 781. The molecular weight excluding hydrogens is 381 g/mol. The van der Waals surface area contributed by atoms with Crippen LogP contribution < -0.4 is 0 Å². The number of nitrogens with zero attached hydrogens (tertiary/aromatic N) is 3. The van der Waals surface area contributed by atoms with Crippen LogP contribution >= 0.6 is 0 Å². The summed E-state index contributed by atoms with van der Waals surface area (Å²) in [6, 6.07) is 5.14. The van der Waals surface area contributed by atoms with E-state index in [1.165, 1.54) is 16.4 Å². The Balaban J connectivity index is 1.63. The molecule has 3 rings (SSSR count). The van der Waals surface area contributed by atoms with Crippen molar-refractivity contribution < 1.29 is 17.6 Å². The topological polar surface area (TPSA) is 60.9 Å². The molecule has 0 aliphatic carbocycles. The third-order valence-corrected chi connectivity index (χ3v) is 7.99. The Morgan fingerprint density at radius 1 is 1.04 bits per heavy atom. The van der Waals surface area contributed by atoms with Crippen molar-refractivity contribution >= 4 is 15.9 Å². The smallest absolute Gasteiger partial charge is 0.243 e. The van der Waals surface area contributed by atoms with Gasteiger partial charge in [-0.25, -0.2) is 12.8 Å². The van der Waals surface area contributed by atoms with Gasteiger partial charge < -0.3 is 4.90 Å².